The fourth-order valence-electron chi connectivity index (χ4n) is 1.16. The molecule has 0 bridgehead atoms. The normalized spacial score (nSPS) is 13.2. The van der Waals surface area contributed by atoms with E-state index in [0.717, 1.165) is 17.4 Å². The van der Waals surface area contributed by atoms with Gasteiger partial charge in [0.1, 0.15) is 10.8 Å². The van der Waals surface area contributed by atoms with Crippen LogP contribution in [0.15, 0.2) is 14.1 Å². The van der Waals surface area contributed by atoms with Gasteiger partial charge in [0.2, 0.25) is 0 Å². The predicted octanol–water partition coefficient (Wildman–Crippen LogP) is 3.96. The molecule has 0 unspecified atom stereocenters. The van der Waals surface area contributed by atoms with Crippen molar-refractivity contribution in [2.45, 2.75) is 10.4 Å². The Morgan fingerprint density at radius 3 is 2.37 bits per heavy atom. The number of thiophene rings is 1. The second kappa shape index (κ2) is 6.48. The van der Waals surface area contributed by atoms with Gasteiger partial charge in [0.05, 0.1) is 8.81 Å². The number of hydrogen-bond acceptors (Lipinski definition) is 3. The van der Waals surface area contributed by atoms with Gasteiger partial charge in [-0.1, -0.05) is 11.6 Å². The third-order valence-corrected chi connectivity index (χ3v) is 6.84. The largest absolute Gasteiger partial charge is 0.402 e. The maximum Gasteiger partial charge on any atom is 0.402 e. The molecule has 0 atom stereocenters. The summed E-state index contributed by atoms with van der Waals surface area (Å²) in [6.07, 6.45) is -4.64. The molecule has 1 aromatic rings. The number of alkyl halides is 4. The Morgan fingerprint density at radius 1 is 1.42 bits per heavy atom. The average Bonchev–Trinajstić information content (AvgIpc) is 2.57. The van der Waals surface area contributed by atoms with Crippen LogP contribution in [0.4, 0.5) is 13.2 Å². The van der Waals surface area contributed by atoms with Crippen molar-refractivity contribution in [2.24, 2.45) is 0 Å². The molecular formula is C8H7BrCl2F3NO2S2. The minimum Gasteiger partial charge on any atom is -0.206 e. The average molecular weight is 421 g/mol. The van der Waals surface area contributed by atoms with E-state index in [2.05, 4.69) is 15.9 Å². The molecule has 0 aliphatic rings. The maximum absolute atomic E-state index is 12.4. The van der Waals surface area contributed by atoms with E-state index in [1.165, 1.54) is 0 Å². The number of hydrogen-bond donors (Lipinski definition) is 0. The Labute approximate surface area is 130 Å². The van der Waals surface area contributed by atoms with Crippen LogP contribution >= 0.6 is 50.5 Å². The first-order chi connectivity index (χ1) is 8.58. The summed E-state index contributed by atoms with van der Waals surface area (Å²) in [5, 5.41) is 0.126. The summed E-state index contributed by atoms with van der Waals surface area (Å²) in [5.74, 6) is -0.240. The van der Waals surface area contributed by atoms with Crippen molar-refractivity contribution in [3.05, 3.63) is 14.9 Å². The van der Waals surface area contributed by atoms with E-state index >= 15 is 0 Å². The SMILES string of the molecule is O=S(=O)(c1cc(Cl)c(Br)s1)N(CCCl)CC(F)(F)F. The smallest absolute Gasteiger partial charge is 0.206 e. The number of nitrogens with zero attached hydrogens (tertiary/aromatic N) is 1. The Hall–Kier alpha value is 0.460. The van der Waals surface area contributed by atoms with Crippen molar-refractivity contribution in [1.29, 1.82) is 0 Å². The number of halogens is 6. The van der Waals surface area contributed by atoms with Gasteiger partial charge in [0.25, 0.3) is 10.0 Å². The first-order valence-corrected chi connectivity index (χ1v) is 8.62. The summed E-state index contributed by atoms with van der Waals surface area (Å²) in [6, 6.07) is 1.10. The van der Waals surface area contributed by atoms with Gasteiger partial charge in [0, 0.05) is 12.4 Å². The molecule has 0 aliphatic carbocycles. The van der Waals surface area contributed by atoms with Gasteiger partial charge >= 0.3 is 6.18 Å². The quantitative estimate of drug-likeness (QED) is 0.676. The molecule has 3 nitrogen and oxygen atoms in total. The fraction of sp³-hybridized carbons (Fsp3) is 0.500. The number of rotatable bonds is 5. The monoisotopic (exact) mass is 419 g/mol. The molecule has 11 heteroatoms. The van der Waals surface area contributed by atoms with E-state index in [0.29, 0.717) is 3.79 Å². The highest BCUT2D eigenvalue weighted by Crippen LogP contribution is 2.36. The highest BCUT2D eigenvalue weighted by Gasteiger charge is 2.37. The lowest BCUT2D eigenvalue weighted by Crippen LogP contribution is -2.39. The summed E-state index contributed by atoms with van der Waals surface area (Å²) in [5.41, 5.74) is 0. The zero-order valence-corrected chi connectivity index (χ0v) is 13.8. The Balaban J connectivity index is 3.12. The predicted molar refractivity (Wildman–Crippen MR) is 72.6 cm³/mol. The van der Waals surface area contributed by atoms with Gasteiger partial charge in [-0.3, -0.25) is 0 Å². The fourth-order valence-corrected chi connectivity index (χ4v) is 5.44. The minimum atomic E-state index is -4.64. The summed E-state index contributed by atoms with van der Waals surface area (Å²) in [6.45, 7) is -2.02. The van der Waals surface area contributed by atoms with Crippen LogP contribution in [-0.4, -0.2) is 37.9 Å². The molecule has 19 heavy (non-hydrogen) atoms. The molecule has 0 saturated heterocycles. The molecule has 110 valence electrons. The number of sulfonamides is 1. The van der Waals surface area contributed by atoms with Gasteiger partial charge in [0.15, 0.2) is 0 Å². The van der Waals surface area contributed by atoms with Gasteiger partial charge in [-0.25, -0.2) is 8.42 Å². The van der Waals surface area contributed by atoms with Crippen LogP contribution in [0, 0.1) is 0 Å². The summed E-state index contributed by atoms with van der Waals surface area (Å²) in [4.78, 5) is 0. The van der Waals surface area contributed by atoms with Crippen molar-refractivity contribution in [3.8, 4) is 0 Å². The van der Waals surface area contributed by atoms with Crippen molar-refractivity contribution < 1.29 is 21.6 Å². The van der Waals surface area contributed by atoms with E-state index in [1.54, 1.807) is 0 Å². The maximum atomic E-state index is 12.4. The molecule has 0 radical (unpaired) electrons. The molecule has 1 heterocycles. The third kappa shape index (κ3) is 4.75. The van der Waals surface area contributed by atoms with E-state index in [1.807, 2.05) is 0 Å². The Kier molecular flexibility index (Phi) is 5.98. The van der Waals surface area contributed by atoms with E-state index in [-0.39, 0.29) is 19.4 Å². The summed E-state index contributed by atoms with van der Waals surface area (Å²) in [7, 11) is -4.27. The molecule has 0 saturated carbocycles. The molecule has 0 amide bonds. The second-order valence-corrected chi connectivity index (χ2v) is 8.65. The topological polar surface area (TPSA) is 37.4 Å². The van der Waals surface area contributed by atoms with Crippen LogP contribution < -0.4 is 0 Å². The van der Waals surface area contributed by atoms with Crippen LogP contribution in [0.5, 0.6) is 0 Å². The van der Waals surface area contributed by atoms with Crippen LogP contribution in [0.3, 0.4) is 0 Å². The Morgan fingerprint density at radius 2 is 2.00 bits per heavy atom. The molecule has 0 aliphatic heterocycles. The lowest BCUT2D eigenvalue weighted by molar-refractivity contribution is -0.135. The van der Waals surface area contributed by atoms with Crippen LogP contribution in [0.1, 0.15) is 0 Å². The van der Waals surface area contributed by atoms with Gasteiger partial charge in [-0.15, -0.1) is 22.9 Å². The van der Waals surface area contributed by atoms with E-state index in [9.17, 15) is 21.6 Å². The van der Waals surface area contributed by atoms with Crippen LogP contribution in [0.2, 0.25) is 5.02 Å². The lowest BCUT2D eigenvalue weighted by Gasteiger charge is -2.21. The first-order valence-electron chi connectivity index (χ1n) is 4.65. The highest BCUT2D eigenvalue weighted by atomic mass is 79.9. The van der Waals surface area contributed by atoms with Gasteiger partial charge < -0.3 is 0 Å². The van der Waals surface area contributed by atoms with Crippen molar-refractivity contribution in [3.63, 3.8) is 0 Å². The molecule has 1 rings (SSSR count). The molecule has 0 spiro atoms. The highest BCUT2D eigenvalue weighted by molar-refractivity contribution is 9.11. The van der Waals surface area contributed by atoms with E-state index in [4.69, 9.17) is 23.2 Å². The first kappa shape index (κ1) is 17.5. The molecule has 0 N–H and O–H groups in total. The molecule has 0 fully saturated rings. The van der Waals surface area contributed by atoms with E-state index < -0.39 is 29.3 Å². The van der Waals surface area contributed by atoms with Crippen molar-refractivity contribution in [1.82, 2.24) is 4.31 Å². The van der Waals surface area contributed by atoms with Gasteiger partial charge in [-0.2, -0.15) is 17.5 Å². The summed E-state index contributed by atoms with van der Waals surface area (Å²) >= 11 is 14.8. The zero-order valence-electron chi connectivity index (χ0n) is 9.05. The minimum absolute atomic E-state index is 0.126. The second-order valence-electron chi connectivity index (χ2n) is 3.33. The standard InChI is InChI=1S/C8H7BrCl2F3NO2S2/c9-7-5(11)3-6(18-7)19(16,17)15(2-1-10)4-8(12,13)14/h3H,1-2,4H2. The molecule has 0 aromatic carbocycles. The lowest BCUT2D eigenvalue weighted by atomic mass is 10.6. The zero-order chi connectivity index (χ0) is 14.8. The molecular weight excluding hydrogens is 414 g/mol. The Bertz CT molecular complexity index is 527. The van der Waals surface area contributed by atoms with Crippen molar-refractivity contribution in [2.75, 3.05) is 19.0 Å². The van der Waals surface area contributed by atoms with Crippen LogP contribution in [-0.2, 0) is 10.0 Å². The van der Waals surface area contributed by atoms with Gasteiger partial charge in [-0.05, 0) is 22.0 Å². The van der Waals surface area contributed by atoms with Crippen molar-refractivity contribution >= 4 is 60.5 Å². The van der Waals surface area contributed by atoms with Crippen LogP contribution in [0.25, 0.3) is 0 Å². The third-order valence-electron chi connectivity index (χ3n) is 1.91. The molecule has 1 aromatic heterocycles. The summed E-state index contributed by atoms with van der Waals surface area (Å²) < 4.78 is 61.6.